The summed E-state index contributed by atoms with van der Waals surface area (Å²) in [6.07, 6.45) is -5.20. The van der Waals surface area contributed by atoms with E-state index in [0.717, 1.165) is 0 Å². The lowest BCUT2D eigenvalue weighted by Gasteiger charge is -2.79. The Morgan fingerprint density at radius 1 is 0.933 bits per heavy atom. The third kappa shape index (κ3) is 4.28. The molecule has 0 radical (unpaired) electrons. The van der Waals surface area contributed by atoms with Crippen molar-refractivity contribution in [3.05, 3.63) is 24.2 Å². The van der Waals surface area contributed by atoms with Crippen LogP contribution < -0.4 is 0 Å². The van der Waals surface area contributed by atoms with E-state index in [1.165, 1.54) is 33.5 Å². The number of carbonyl (C=O) groups excluding carboxylic acids is 5. The summed E-state index contributed by atoms with van der Waals surface area (Å²) in [7, 11) is 1.21. The van der Waals surface area contributed by atoms with E-state index >= 15 is 0 Å². The first kappa shape index (κ1) is 41.7. The molecule has 8 fully saturated rings. The van der Waals surface area contributed by atoms with Gasteiger partial charge >= 0.3 is 29.8 Å². The molecule has 4 saturated carbocycles. The van der Waals surface area contributed by atoms with Crippen molar-refractivity contribution in [1.29, 1.82) is 0 Å². The van der Waals surface area contributed by atoms with Crippen LogP contribution >= 0.6 is 0 Å². The first-order valence-corrected chi connectivity index (χ1v) is 21.0. The van der Waals surface area contributed by atoms with Crippen molar-refractivity contribution in [3.63, 3.8) is 0 Å². The Morgan fingerprint density at radius 3 is 2.18 bits per heavy atom. The second kappa shape index (κ2) is 12.1. The van der Waals surface area contributed by atoms with Gasteiger partial charge in [0, 0.05) is 35.2 Å². The van der Waals surface area contributed by atoms with Gasteiger partial charge in [0.2, 0.25) is 0 Å². The van der Waals surface area contributed by atoms with E-state index in [1.54, 1.807) is 54.5 Å². The average Bonchev–Trinajstić information content (AvgIpc) is 3.63. The molecule has 4 bridgehead atoms. The van der Waals surface area contributed by atoms with Crippen molar-refractivity contribution < 1.29 is 81.2 Å². The molecule has 1 aromatic rings. The van der Waals surface area contributed by atoms with Crippen molar-refractivity contribution in [1.82, 2.24) is 0 Å². The van der Waals surface area contributed by atoms with E-state index in [4.69, 9.17) is 47.0 Å². The van der Waals surface area contributed by atoms with Gasteiger partial charge in [0.1, 0.15) is 29.5 Å². The fourth-order valence-electron chi connectivity index (χ4n) is 13.7. The number of hydrogen-bond acceptors (Lipinski definition) is 17. The molecular formula is C43H56O17. The molecule has 4 saturated heterocycles. The predicted octanol–water partition coefficient (Wildman–Crippen LogP) is 3.34. The van der Waals surface area contributed by atoms with E-state index in [9.17, 15) is 34.2 Å². The molecule has 8 aliphatic rings. The van der Waals surface area contributed by atoms with E-state index in [2.05, 4.69) is 0 Å². The fraction of sp³-hybridized carbons (Fsp3) is 0.791. The first-order valence-electron chi connectivity index (χ1n) is 21.0. The van der Waals surface area contributed by atoms with Gasteiger partial charge in [-0.3, -0.25) is 19.2 Å². The number of esters is 5. The molecule has 5 heterocycles. The van der Waals surface area contributed by atoms with Gasteiger partial charge in [0.25, 0.3) is 5.97 Å². The Morgan fingerprint density at radius 2 is 1.60 bits per heavy atom. The summed E-state index contributed by atoms with van der Waals surface area (Å²) in [6, 6.07) is 1.62. The normalized spacial score (nSPS) is 51.6. The summed E-state index contributed by atoms with van der Waals surface area (Å²) < 4.78 is 63.7. The topological polar surface area (TPSA) is 225 Å². The number of rotatable bonds is 10. The summed E-state index contributed by atoms with van der Waals surface area (Å²) in [5.41, 5.74) is -17.8. The van der Waals surface area contributed by atoms with E-state index in [1.807, 2.05) is 6.92 Å². The van der Waals surface area contributed by atoms with Crippen molar-refractivity contribution in [3.8, 4) is 0 Å². The van der Waals surface area contributed by atoms with Crippen LogP contribution in [0.5, 0.6) is 0 Å². The van der Waals surface area contributed by atoms with E-state index < -0.39 is 147 Å². The Labute approximate surface area is 347 Å². The quantitative estimate of drug-likeness (QED) is 0.196. The van der Waals surface area contributed by atoms with Crippen LogP contribution in [0, 0.1) is 34.0 Å². The van der Waals surface area contributed by atoms with Crippen LogP contribution in [0.25, 0.3) is 0 Å². The Balaban J connectivity index is 1.41. The average molecular weight is 845 g/mol. The Kier molecular flexibility index (Phi) is 8.41. The van der Waals surface area contributed by atoms with Gasteiger partial charge in [-0.05, 0) is 45.1 Å². The van der Waals surface area contributed by atoms with Gasteiger partial charge in [-0.15, -0.1) is 0 Å². The number of aliphatic hydroxyl groups is 2. The highest BCUT2D eigenvalue weighted by Crippen LogP contribution is 2.89. The van der Waals surface area contributed by atoms with Crippen molar-refractivity contribution in [2.75, 3.05) is 7.11 Å². The molecule has 2 N–H and O–H groups in total. The van der Waals surface area contributed by atoms with Crippen molar-refractivity contribution in [2.45, 2.75) is 171 Å². The molecule has 4 unspecified atom stereocenters. The van der Waals surface area contributed by atoms with Crippen LogP contribution in [0.2, 0.25) is 0 Å². The first-order chi connectivity index (χ1) is 27.8. The molecule has 0 aromatic carbocycles. The van der Waals surface area contributed by atoms with Crippen LogP contribution in [0.4, 0.5) is 0 Å². The van der Waals surface area contributed by atoms with Crippen molar-refractivity contribution in [2.24, 2.45) is 34.0 Å². The molecule has 60 heavy (non-hydrogen) atoms. The maximum atomic E-state index is 14.4. The van der Waals surface area contributed by atoms with E-state index in [-0.39, 0.29) is 12.8 Å². The third-order valence-electron chi connectivity index (χ3n) is 16.8. The smallest absolute Gasteiger partial charge is 0.341 e. The molecule has 2 spiro atoms. The molecule has 17 heteroatoms. The molecule has 330 valence electrons. The van der Waals surface area contributed by atoms with Gasteiger partial charge in [-0.2, -0.15) is 0 Å². The zero-order valence-electron chi connectivity index (χ0n) is 35.9. The number of hydrogen-bond donors (Lipinski definition) is 2. The van der Waals surface area contributed by atoms with Crippen LogP contribution in [0.1, 0.15) is 113 Å². The molecule has 4 aliphatic carbocycles. The number of methoxy groups -OCH3 is 1. The molecule has 9 rings (SSSR count). The molecule has 17 atom stereocenters. The largest absolute Gasteiger partial charge is 0.472 e. The summed E-state index contributed by atoms with van der Waals surface area (Å²) in [4.78, 5) is 71.1. The van der Waals surface area contributed by atoms with Gasteiger partial charge in [-0.25, -0.2) is 4.79 Å². The highest BCUT2D eigenvalue weighted by molar-refractivity contribution is 5.83. The zero-order valence-corrected chi connectivity index (χ0v) is 35.9. The number of fused-ring (bicyclic) bond motifs is 2. The minimum Gasteiger partial charge on any atom is -0.472 e. The second-order valence-electron chi connectivity index (χ2n) is 20.0. The summed E-state index contributed by atoms with van der Waals surface area (Å²) in [5.74, 6) is -8.52. The van der Waals surface area contributed by atoms with Crippen LogP contribution in [-0.2, 0) is 66.6 Å². The predicted molar refractivity (Wildman–Crippen MR) is 198 cm³/mol. The number of epoxide rings is 1. The lowest BCUT2D eigenvalue weighted by Crippen LogP contribution is -2.99. The van der Waals surface area contributed by atoms with E-state index in [0.29, 0.717) is 12.0 Å². The molecular weight excluding hydrogens is 788 g/mol. The molecule has 4 aliphatic heterocycles. The highest BCUT2D eigenvalue weighted by atomic mass is 17.0. The minimum absolute atomic E-state index is 0.151. The monoisotopic (exact) mass is 844 g/mol. The number of furan rings is 1. The second-order valence-corrected chi connectivity index (χ2v) is 20.0. The lowest BCUT2D eigenvalue weighted by atomic mass is 9.31. The van der Waals surface area contributed by atoms with Crippen LogP contribution in [0.3, 0.4) is 0 Å². The van der Waals surface area contributed by atoms with Gasteiger partial charge in [0.05, 0.1) is 44.0 Å². The lowest BCUT2D eigenvalue weighted by molar-refractivity contribution is -0.479. The maximum absolute atomic E-state index is 14.4. The number of cyclic esters (lactones) is 1. The zero-order chi connectivity index (χ0) is 43.8. The van der Waals surface area contributed by atoms with Gasteiger partial charge in [-0.1, -0.05) is 48.5 Å². The minimum atomic E-state index is -2.80. The number of carbonyl (C=O) groups is 5. The highest BCUT2D eigenvalue weighted by Gasteiger charge is 3.07. The molecule has 0 amide bonds. The SMILES string of the molecule is CC[C@H](C)C(=O)O[C@@H]1C[C@@]2(C)[C@H](c3ccoc3)OC(=O)C[C@]23OC2(C)O[C@@]14[C@]3(O2)[C@H](OC(=O)C(C)C)C1(O)[C@@H](OC(=O)[C@@]2(C)O[C@@H]2C)C2(C)CC1(O)[C@]4(C)[C@H]2CC(=O)OC. The summed E-state index contributed by atoms with van der Waals surface area (Å²) in [5, 5.41) is 28.1. The van der Waals surface area contributed by atoms with Crippen molar-refractivity contribution >= 4 is 29.8 Å². The Hall–Kier alpha value is -3.61. The summed E-state index contributed by atoms with van der Waals surface area (Å²) >= 11 is 0. The summed E-state index contributed by atoms with van der Waals surface area (Å²) in [6.45, 7) is 16.5. The fourth-order valence-corrected chi connectivity index (χ4v) is 13.7. The third-order valence-corrected chi connectivity index (χ3v) is 16.8. The number of ether oxygens (including phenoxy) is 9. The van der Waals surface area contributed by atoms with Crippen LogP contribution in [-0.4, -0.2) is 111 Å². The molecule has 17 nitrogen and oxygen atoms in total. The van der Waals surface area contributed by atoms with Gasteiger partial charge in [0.15, 0.2) is 28.5 Å². The molecule has 1 aromatic heterocycles. The maximum Gasteiger partial charge on any atom is 0.341 e. The van der Waals surface area contributed by atoms with Gasteiger partial charge < -0.3 is 57.3 Å². The van der Waals surface area contributed by atoms with Crippen LogP contribution in [0.15, 0.2) is 23.0 Å². The Bertz CT molecular complexity index is 2070. The standard InChI is InChI=1S/C43H56O17/c1-12-21(4)30(47)53-25-16-35(7)28(23-13-14-52-18-23)54-27(45)17-40(35)43-32(55-29(46)20(2)3)41(50)31(56-33(48)36(8)22(5)57-36)34(6)19-39(41,49)37(9,24(34)15-26(44)51-11)42(25,43)59-38(10,58-40)60-43/h13-14,18,20-22,24-25,28,31-32,49-50H,12,15-17,19H2,1-11H3/t21-,22+,24-,25+,28-,31-,32+,34?,35-,36-,37-,38?,39?,40-,41?,42-,43-/m0/s1.